The van der Waals surface area contributed by atoms with Crippen molar-refractivity contribution < 1.29 is 9.59 Å². The van der Waals surface area contributed by atoms with E-state index in [0.717, 1.165) is 28.7 Å². The van der Waals surface area contributed by atoms with Crippen molar-refractivity contribution >= 4 is 39.0 Å². The van der Waals surface area contributed by atoms with Gasteiger partial charge < -0.3 is 10.2 Å². The zero-order valence-corrected chi connectivity index (χ0v) is 12.1. The van der Waals surface area contributed by atoms with Gasteiger partial charge in [-0.1, -0.05) is 15.9 Å². The largest absolute Gasteiger partial charge is 0.357 e. The predicted octanol–water partition coefficient (Wildman–Crippen LogP) is 2.72. The van der Waals surface area contributed by atoms with E-state index in [4.69, 9.17) is 0 Å². The van der Waals surface area contributed by atoms with E-state index in [9.17, 15) is 9.59 Å². The lowest BCUT2D eigenvalue weighted by atomic mass is 9.92. The summed E-state index contributed by atoms with van der Waals surface area (Å²) < 4.78 is 0.999. The Morgan fingerprint density at radius 2 is 1.95 bits per heavy atom. The van der Waals surface area contributed by atoms with Gasteiger partial charge in [0.1, 0.15) is 5.78 Å². The summed E-state index contributed by atoms with van der Waals surface area (Å²) in [6.07, 6.45) is 2.95. The number of Topliss-reactive ketones (excluding diaryl/α,β-unsaturated/α-hetero) is 1. The number of carbonyl (C=O) groups is 2. The molecule has 2 aliphatic rings. The highest BCUT2D eigenvalue weighted by molar-refractivity contribution is 9.10. The number of ketones is 1. The molecule has 1 heterocycles. The minimum Gasteiger partial charge on any atom is -0.357 e. The van der Waals surface area contributed by atoms with Crippen molar-refractivity contribution in [3.8, 4) is 0 Å². The summed E-state index contributed by atoms with van der Waals surface area (Å²) in [5, 5.41) is 2.90. The fourth-order valence-corrected chi connectivity index (χ4v) is 3.19. The maximum atomic E-state index is 11.8. The van der Waals surface area contributed by atoms with E-state index >= 15 is 0 Å². The monoisotopic (exact) mass is 322 g/mol. The molecular weight excluding hydrogens is 308 g/mol. The van der Waals surface area contributed by atoms with Crippen molar-refractivity contribution in [3.05, 3.63) is 22.7 Å². The summed E-state index contributed by atoms with van der Waals surface area (Å²) in [6, 6.07) is 6.16. The molecule has 0 spiro atoms. The smallest absolute Gasteiger partial charge is 0.243 e. The van der Waals surface area contributed by atoms with Crippen LogP contribution in [0.5, 0.6) is 0 Å². The lowest BCUT2D eigenvalue weighted by Crippen LogP contribution is -2.46. The Morgan fingerprint density at radius 3 is 2.68 bits per heavy atom. The molecular formula is C14H15BrN2O2. The van der Waals surface area contributed by atoms with Gasteiger partial charge in [0, 0.05) is 23.4 Å². The second-order valence-electron chi connectivity index (χ2n) is 5.11. The van der Waals surface area contributed by atoms with E-state index in [1.165, 1.54) is 0 Å². The molecule has 0 radical (unpaired) electrons. The van der Waals surface area contributed by atoms with Crippen LogP contribution in [-0.4, -0.2) is 24.3 Å². The van der Waals surface area contributed by atoms with Gasteiger partial charge in [-0.25, -0.2) is 0 Å². The van der Waals surface area contributed by atoms with Crippen LogP contribution in [0.25, 0.3) is 0 Å². The second-order valence-corrected chi connectivity index (χ2v) is 6.02. The maximum Gasteiger partial charge on any atom is 0.243 e. The molecule has 1 aliphatic heterocycles. The number of halogens is 1. The molecule has 100 valence electrons. The SMILES string of the molecule is O=C1CCC(N2CC(=O)Nc3ccc(Br)cc32)CC1. The van der Waals surface area contributed by atoms with Crippen LogP contribution < -0.4 is 10.2 Å². The number of hydrogen-bond donors (Lipinski definition) is 1. The summed E-state index contributed by atoms with van der Waals surface area (Å²) in [4.78, 5) is 25.3. The molecule has 1 fully saturated rings. The van der Waals surface area contributed by atoms with Gasteiger partial charge in [0.25, 0.3) is 0 Å². The molecule has 3 rings (SSSR count). The number of anilines is 2. The van der Waals surface area contributed by atoms with Gasteiger partial charge in [0.2, 0.25) is 5.91 Å². The Bertz CT molecular complexity index is 534. The van der Waals surface area contributed by atoms with Gasteiger partial charge >= 0.3 is 0 Å². The van der Waals surface area contributed by atoms with E-state index in [1.54, 1.807) is 0 Å². The zero-order valence-electron chi connectivity index (χ0n) is 10.5. The predicted molar refractivity (Wildman–Crippen MR) is 77.4 cm³/mol. The molecule has 5 heteroatoms. The first-order chi connectivity index (χ1) is 9.13. The van der Waals surface area contributed by atoms with Gasteiger partial charge in [-0.15, -0.1) is 0 Å². The van der Waals surface area contributed by atoms with Gasteiger partial charge in [-0.05, 0) is 31.0 Å². The third-order valence-corrected chi connectivity index (χ3v) is 4.30. The first-order valence-corrected chi connectivity index (χ1v) is 7.30. The van der Waals surface area contributed by atoms with Gasteiger partial charge in [-0.2, -0.15) is 0 Å². The molecule has 19 heavy (non-hydrogen) atoms. The van der Waals surface area contributed by atoms with Crippen LogP contribution in [0.3, 0.4) is 0 Å². The highest BCUT2D eigenvalue weighted by atomic mass is 79.9. The molecule has 0 aromatic heterocycles. The average Bonchev–Trinajstić information content (AvgIpc) is 2.39. The topological polar surface area (TPSA) is 49.4 Å². The van der Waals surface area contributed by atoms with Crippen molar-refractivity contribution in [1.82, 2.24) is 0 Å². The van der Waals surface area contributed by atoms with E-state index in [-0.39, 0.29) is 11.9 Å². The van der Waals surface area contributed by atoms with Crippen LogP contribution >= 0.6 is 15.9 Å². The fraction of sp³-hybridized carbons (Fsp3) is 0.429. The maximum absolute atomic E-state index is 11.8. The molecule has 0 bridgehead atoms. The van der Waals surface area contributed by atoms with Crippen molar-refractivity contribution in [1.29, 1.82) is 0 Å². The zero-order chi connectivity index (χ0) is 13.4. The molecule has 1 N–H and O–H groups in total. The average molecular weight is 323 g/mol. The summed E-state index contributed by atoms with van der Waals surface area (Å²) in [5.74, 6) is 0.360. The molecule has 0 saturated heterocycles. The molecule has 1 amide bonds. The number of carbonyl (C=O) groups excluding carboxylic acids is 2. The third-order valence-electron chi connectivity index (χ3n) is 3.81. The van der Waals surface area contributed by atoms with Crippen molar-refractivity contribution in [2.45, 2.75) is 31.7 Å². The quantitative estimate of drug-likeness (QED) is 0.864. The summed E-state index contributed by atoms with van der Waals surface area (Å²) in [5.41, 5.74) is 1.91. The first-order valence-electron chi connectivity index (χ1n) is 6.51. The standard InChI is InChI=1S/C14H15BrN2O2/c15-9-1-6-12-13(7-9)17(8-14(19)16-12)10-2-4-11(18)5-3-10/h1,6-7,10H,2-5,8H2,(H,16,19). The molecule has 1 aromatic carbocycles. The molecule has 4 nitrogen and oxygen atoms in total. The Hall–Kier alpha value is -1.36. The number of nitrogens with one attached hydrogen (secondary N) is 1. The number of nitrogens with zero attached hydrogens (tertiary/aromatic N) is 1. The van der Waals surface area contributed by atoms with Crippen molar-refractivity contribution in [3.63, 3.8) is 0 Å². The van der Waals surface area contributed by atoms with E-state index in [0.29, 0.717) is 25.2 Å². The molecule has 0 atom stereocenters. The number of benzene rings is 1. The third kappa shape index (κ3) is 2.52. The molecule has 1 aromatic rings. The lowest BCUT2D eigenvalue weighted by molar-refractivity contribution is -0.120. The van der Waals surface area contributed by atoms with Gasteiger partial charge in [0.15, 0.2) is 0 Å². The minimum atomic E-state index is 0.0201. The summed E-state index contributed by atoms with van der Waals surface area (Å²) in [6.45, 7) is 0.377. The van der Waals surface area contributed by atoms with Crippen LogP contribution in [0.4, 0.5) is 11.4 Å². The van der Waals surface area contributed by atoms with Crippen LogP contribution in [-0.2, 0) is 9.59 Å². The highest BCUT2D eigenvalue weighted by Crippen LogP contribution is 2.36. The molecule has 0 unspecified atom stereocenters. The summed E-state index contributed by atoms with van der Waals surface area (Å²) >= 11 is 3.47. The van der Waals surface area contributed by atoms with Gasteiger partial charge in [0.05, 0.1) is 17.9 Å². The normalized spacial score (nSPS) is 20.2. The Labute approximate surface area is 120 Å². The first kappa shape index (κ1) is 12.7. The van der Waals surface area contributed by atoms with E-state index in [2.05, 4.69) is 26.1 Å². The summed E-state index contributed by atoms with van der Waals surface area (Å²) in [7, 11) is 0. The van der Waals surface area contributed by atoms with E-state index in [1.807, 2.05) is 18.2 Å². The number of amides is 1. The van der Waals surface area contributed by atoms with Crippen molar-refractivity contribution in [2.24, 2.45) is 0 Å². The van der Waals surface area contributed by atoms with Crippen LogP contribution in [0.2, 0.25) is 0 Å². The number of rotatable bonds is 1. The van der Waals surface area contributed by atoms with Crippen LogP contribution in [0.1, 0.15) is 25.7 Å². The molecule has 1 aliphatic carbocycles. The van der Waals surface area contributed by atoms with Crippen molar-refractivity contribution in [2.75, 3.05) is 16.8 Å². The van der Waals surface area contributed by atoms with Gasteiger partial charge in [-0.3, -0.25) is 9.59 Å². The molecule has 1 saturated carbocycles. The lowest BCUT2D eigenvalue weighted by Gasteiger charge is -2.39. The van der Waals surface area contributed by atoms with Crippen LogP contribution in [0, 0.1) is 0 Å². The second kappa shape index (κ2) is 4.96. The van der Waals surface area contributed by atoms with Crippen LogP contribution in [0.15, 0.2) is 22.7 Å². The highest BCUT2D eigenvalue weighted by Gasteiger charge is 2.30. The van der Waals surface area contributed by atoms with E-state index < -0.39 is 0 Å². The fourth-order valence-electron chi connectivity index (χ4n) is 2.84. The number of fused-ring (bicyclic) bond motifs is 1. The Kier molecular flexibility index (Phi) is 3.31. The Balaban J connectivity index is 1.91. The number of hydrogen-bond acceptors (Lipinski definition) is 3. The minimum absolute atomic E-state index is 0.0201. The Morgan fingerprint density at radius 1 is 1.21 bits per heavy atom.